The summed E-state index contributed by atoms with van der Waals surface area (Å²) in [6.07, 6.45) is 5.65. The van der Waals surface area contributed by atoms with E-state index >= 15 is 0 Å². The molecule has 1 aliphatic carbocycles. The summed E-state index contributed by atoms with van der Waals surface area (Å²) in [5, 5.41) is 8.49. The van der Waals surface area contributed by atoms with Gasteiger partial charge in [0.1, 0.15) is 10.8 Å². The minimum atomic E-state index is -0.225. The molecule has 2 nitrogen and oxygen atoms in total. The molecule has 90 valence electrons. The van der Waals surface area contributed by atoms with E-state index in [4.69, 9.17) is 5.41 Å². The minimum Gasteiger partial charge on any atom is -0.305 e. The second kappa shape index (κ2) is 4.14. The number of aromatic nitrogens is 1. The molecule has 0 radical (unpaired) electrons. The first kappa shape index (κ1) is 11.3. The first-order valence-corrected chi connectivity index (χ1v) is 6.50. The molecule has 0 fully saturated rings. The summed E-state index contributed by atoms with van der Waals surface area (Å²) in [6.45, 7) is 1.97. The third-order valence-corrected chi connectivity index (χ3v) is 4.11. The van der Waals surface area contributed by atoms with Crippen molar-refractivity contribution in [3.05, 3.63) is 47.3 Å². The molecule has 0 saturated carbocycles. The van der Waals surface area contributed by atoms with Gasteiger partial charge in [-0.05, 0) is 18.2 Å². The molecule has 1 aromatic carbocycles. The molecule has 1 aromatic heterocycles. The zero-order valence-electron chi connectivity index (χ0n) is 9.77. The van der Waals surface area contributed by atoms with Crippen LogP contribution in [-0.2, 0) is 0 Å². The Morgan fingerprint density at radius 2 is 2.17 bits per heavy atom. The highest BCUT2D eigenvalue weighted by atomic mass is 32.1. The van der Waals surface area contributed by atoms with Crippen LogP contribution in [0, 0.1) is 17.1 Å². The summed E-state index contributed by atoms with van der Waals surface area (Å²) in [5.41, 5.74) is 2.25. The third kappa shape index (κ3) is 1.78. The van der Waals surface area contributed by atoms with Crippen LogP contribution in [0.15, 0.2) is 36.4 Å². The molecule has 3 rings (SSSR count). The monoisotopic (exact) mass is 258 g/mol. The van der Waals surface area contributed by atoms with E-state index in [1.807, 2.05) is 25.1 Å². The summed E-state index contributed by atoms with van der Waals surface area (Å²) >= 11 is 1.36. The molecule has 0 bridgehead atoms. The molecule has 1 heterocycles. The fraction of sp³-hybridized carbons (Fsp3) is 0.143. The van der Waals surface area contributed by atoms with E-state index < -0.39 is 0 Å². The van der Waals surface area contributed by atoms with Gasteiger partial charge in [-0.2, -0.15) is 0 Å². The number of benzene rings is 1. The van der Waals surface area contributed by atoms with Gasteiger partial charge in [-0.3, -0.25) is 0 Å². The number of hydrogen-bond donors (Lipinski definition) is 1. The molecule has 18 heavy (non-hydrogen) atoms. The van der Waals surface area contributed by atoms with E-state index in [0.29, 0.717) is 15.9 Å². The molecule has 2 aromatic rings. The summed E-state index contributed by atoms with van der Waals surface area (Å²) in [7, 11) is 0. The van der Waals surface area contributed by atoms with Crippen molar-refractivity contribution >= 4 is 32.8 Å². The second-order valence-electron chi connectivity index (χ2n) is 4.31. The van der Waals surface area contributed by atoms with E-state index in [0.717, 1.165) is 10.6 Å². The lowest BCUT2D eigenvalue weighted by Gasteiger charge is -2.11. The van der Waals surface area contributed by atoms with Crippen molar-refractivity contribution in [3.63, 3.8) is 0 Å². The lowest BCUT2D eigenvalue weighted by molar-refractivity contribution is 0.641. The van der Waals surface area contributed by atoms with Gasteiger partial charge in [0.15, 0.2) is 0 Å². The average molecular weight is 258 g/mol. The Hall–Kier alpha value is -1.81. The predicted octanol–water partition coefficient (Wildman–Crippen LogP) is 4.04. The SMILES string of the molecule is CC1C=C(c2nc3cccc(F)c3s2)C=CC1=N. The standard InChI is InChI=1S/C14H11FN2S/c1-8-7-9(5-6-11(8)16)14-17-12-4-2-3-10(15)13(12)18-14/h2-8,16H,1H3. The van der Waals surface area contributed by atoms with E-state index in [9.17, 15) is 4.39 Å². The zero-order valence-corrected chi connectivity index (χ0v) is 10.6. The second-order valence-corrected chi connectivity index (χ2v) is 5.31. The number of hydrogen-bond acceptors (Lipinski definition) is 3. The van der Waals surface area contributed by atoms with Crippen molar-refractivity contribution in [1.82, 2.24) is 4.98 Å². The van der Waals surface area contributed by atoms with Crippen molar-refractivity contribution in [2.24, 2.45) is 5.92 Å². The van der Waals surface area contributed by atoms with Crippen molar-refractivity contribution in [2.45, 2.75) is 6.92 Å². The Kier molecular flexibility index (Phi) is 2.59. The quantitative estimate of drug-likeness (QED) is 0.823. The van der Waals surface area contributed by atoms with Crippen LogP contribution < -0.4 is 0 Å². The summed E-state index contributed by atoms with van der Waals surface area (Å²) in [6, 6.07) is 4.94. The third-order valence-electron chi connectivity index (χ3n) is 2.98. The average Bonchev–Trinajstić information content (AvgIpc) is 2.78. The molecule has 1 N–H and O–H groups in total. The Balaban J connectivity index is 2.11. The normalized spacial score (nSPS) is 19.3. The fourth-order valence-corrected chi connectivity index (χ4v) is 2.90. The Morgan fingerprint density at radius 1 is 1.33 bits per heavy atom. The van der Waals surface area contributed by atoms with Gasteiger partial charge in [0.2, 0.25) is 0 Å². The summed E-state index contributed by atoms with van der Waals surface area (Å²) in [4.78, 5) is 4.45. The van der Waals surface area contributed by atoms with Crippen LogP contribution in [0.1, 0.15) is 11.9 Å². The van der Waals surface area contributed by atoms with Gasteiger partial charge in [-0.1, -0.05) is 25.1 Å². The number of halogens is 1. The number of thiazole rings is 1. The Morgan fingerprint density at radius 3 is 2.89 bits per heavy atom. The maximum absolute atomic E-state index is 13.6. The summed E-state index contributed by atoms with van der Waals surface area (Å²) in [5.74, 6) is -0.140. The van der Waals surface area contributed by atoms with Crippen molar-refractivity contribution in [2.75, 3.05) is 0 Å². The van der Waals surface area contributed by atoms with Crippen molar-refractivity contribution in [3.8, 4) is 0 Å². The van der Waals surface area contributed by atoms with Crippen LogP contribution in [0.3, 0.4) is 0 Å². The molecular weight excluding hydrogens is 247 g/mol. The van der Waals surface area contributed by atoms with Crippen LogP contribution in [-0.4, -0.2) is 10.7 Å². The zero-order chi connectivity index (χ0) is 12.7. The first-order chi connectivity index (χ1) is 8.65. The van der Waals surface area contributed by atoms with Crippen LogP contribution in [0.25, 0.3) is 15.8 Å². The Labute approximate surface area is 108 Å². The van der Waals surface area contributed by atoms with Gasteiger partial charge >= 0.3 is 0 Å². The van der Waals surface area contributed by atoms with E-state index in [1.54, 1.807) is 12.1 Å². The molecule has 1 atom stereocenters. The summed E-state index contributed by atoms with van der Waals surface area (Å²) < 4.78 is 14.2. The number of rotatable bonds is 1. The van der Waals surface area contributed by atoms with Gasteiger partial charge in [-0.25, -0.2) is 9.37 Å². The minimum absolute atomic E-state index is 0.0851. The highest BCUT2D eigenvalue weighted by molar-refractivity contribution is 7.19. The van der Waals surface area contributed by atoms with Gasteiger partial charge < -0.3 is 5.41 Å². The van der Waals surface area contributed by atoms with Gasteiger partial charge in [-0.15, -0.1) is 11.3 Å². The topological polar surface area (TPSA) is 36.7 Å². The predicted molar refractivity (Wildman–Crippen MR) is 73.6 cm³/mol. The molecule has 4 heteroatoms. The smallest absolute Gasteiger partial charge is 0.142 e. The van der Waals surface area contributed by atoms with Gasteiger partial charge in [0.25, 0.3) is 0 Å². The highest BCUT2D eigenvalue weighted by Crippen LogP contribution is 2.31. The van der Waals surface area contributed by atoms with Gasteiger partial charge in [0, 0.05) is 17.2 Å². The van der Waals surface area contributed by atoms with Crippen molar-refractivity contribution < 1.29 is 4.39 Å². The molecular formula is C14H11FN2S. The molecule has 1 unspecified atom stereocenters. The van der Waals surface area contributed by atoms with Crippen LogP contribution >= 0.6 is 11.3 Å². The maximum atomic E-state index is 13.6. The number of nitrogens with one attached hydrogen (secondary N) is 1. The molecule has 1 aliphatic rings. The first-order valence-electron chi connectivity index (χ1n) is 5.69. The van der Waals surface area contributed by atoms with E-state index in [-0.39, 0.29) is 11.7 Å². The highest BCUT2D eigenvalue weighted by Gasteiger charge is 2.15. The number of nitrogens with zero attached hydrogens (tertiary/aromatic N) is 1. The maximum Gasteiger partial charge on any atom is 0.142 e. The number of allylic oxidation sites excluding steroid dienone is 4. The molecule has 0 aliphatic heterocycles. The van der Waals surface area contributed by atoms with Crippen LogP contribution in [0.5, 0.6) is 0 Å². The van der Waals surface area contributed by atoms with Crippen molar-refractivity contribution in [1.29, 1.82) is 5.41 Å². The van der Waals surface area contributed by atoms with Crippen LogP contribution in [0.2, 0.25) is 0 Å². The van der Waals surface area contributed by atoms with Gasteiger partial charge in [0.05, 0.1) is 10.2 Å². The molecule has 0 spiro atoms. The molecule has 0 saturated heterocycles. The largest absolute Gasteiger partial charge is 0.305 e. The molecule has 0 amide bonds. The van der Waals surface area contributed by atoms with E-state index in [1.165, 1.54) is 17.4 Å². The lowest BCUT2D eigenvalue weighted by Crippen LogP contribution is -2.07. The Bertz CT molecular complexity index is 697. The van der Waals surface area contributed by atoms with Crippen LogP contribution in [0.4, 0.5) is 4.39 Å². The fourth-order valence-electron chi connectivity index (χ4n) is 1.93. The number of fused-ring (bicyclic) bond motifs is 1. The lowest BCUT2D eigenvalue weighted by atomic mass is 9.96. The van der Waals surface area contributed by atoms with E-state index in [2.05, 4.69) is 4.98 Å².